The molecule has 152 valence electrons. The van der Waals surface area contributed by atoms with E-state index in [0.29, 0.717) is 6.42 Å². The highest BCUT2D eigenvalue weighted by atomic mass is 19.1. The van der Waals surface area contributed by atoms with E-state index < -0.39 is 17.1 Å². The molecule has 2 aromatic rings. The lowest BCUT2D eigenvalue weighted by molar-refractivity contribution is -0.124. The number of carbonyl (C=O) groups is 1. The van der Waals surface area contributed by atoms with Crippen LogP contribution in [0.1, 0.15) is 44.9 Å². The van der Waals surface area contributed by atoms with Crippen LogP contribution in [0.15, 0.2) is 34.0 Å². The molecule has 0 unspecified atom stereocenters. The van der Waals surface area contributed by atoms with E-state index in [9.17, 15) is 18.8 Å². The number of amides is 1. The highest BCUT2D eigenvalue weighted by Gasteiger charge is 2.51. The Balaban J connectivity index is 1.36. The van der Waals surface area contributed by atoms with Crippen LogP contribution >= 0.6 is 0 Å². The average molecular weight is 398 g/mol. The largest absolute Gasteiger partial charge is 0.349 e. The maximum atomic E-state index is 14.3. The summed E-state index contributed by atoms with van der Waals surface area (Å²) in [5.41, 5.74) is -1.01. The van der Waals surface area contributed by atoms with E-state index in [1.807, 2.05) is 0 Å². The number of halogens is 1. The van der Waals surface area contributed by atoms with Crippen LogP contribution in [-0.4, -0.2) is 20.7 Å². The van der Waals surface area contributed by atoms with E-state index in [0.717, 1.165) is 47.9 Å². The van der Waals surface area contributed by atoms with Crippen molar-refractivity contribution in [2.45, 2.75) is 44.9 Å². The third kappa shape index (κ3) is 3.41. The van der Waals surface area contributed by atoms with Crippen LogP contribution in [-0.2, 0) is 4.79 Å². The number of benzene rings is 1. The van der Waals surface area contributed by atoms with Gasteiger partial charge < -0.3 is 5.32 Å². The molecule has 0 radical (unpaired) electrons. The minimum absolute atomic E-state index is 0.0112. The topological polar surface area (TPSA) is 96.8 Å². The number of hydrogen-bond donors (Lipinski definition) is 2. The summed E-state index contributed by atoms with van der Waals surface area (Å²) in [6, 6.07) is 3.91. The average Bonchev–Trinajstić information content (AvgIpc) is 2.62. The Hall–Kier alpha value is -2.77. The van der Waals surface area contributed by atoms with Crippen LogP contribution in [0, 0.1) is 29.0 Å². The Labute approximate surface area is 166 Å². The second-order valence-corrected chi connectivity index (χ2v) is 9.16. The quantitative estimate of drug-likeness (QED) is 0.827. The maximum Gasteiger partial charge on any atom is 0.349 e. The highest BCUT2D eigenvalue weighted by Crippen LogP contribution is 2.61. The Morgan fingerprint density at radius 1 is 1.17 bits per heavy atom. The van der Waals surface area contributed by atoms with Gasteiger partial charge in [-0.05, 0) is 79.9 Å². The number of nitrogens with zero attached hydrogens (tertiary/aromatic N) is 2. The lowest BCUT2D eigenvalue weighted by Crippen LogP contribution is -2.47. The van der Waals surface area contributed by atoms with Gasteiger partial charge in [0.05, 0.1) is 11.4 Å². The summed E-state index contributed by atoms with van der Waals surface area (Å²) < 4.78 is 15.3. The van der Waals surface area contributed by atoms with E-state index in [1.54, 1.807) is 0 Å². The van der Waals surface area contributed by atoms with E-state index >= 15 is 0 Å². The van der Waals surface area contributed by atoms with Gasteiger partial charge in [-0.3, -0.25) is 14.6 Å². The van der Waals surface area contributed by atoms with Crippen LogP contribution in [0.25, 0.3) is 5.69 Å². The van der Waals surface area contributed by atoms with Crippen molar-refractivity contribution in [1.82, 2.24) is 14.8 Å². The summed E-state index contributed by atoms with van der Waals surface area (Å²) >= 11 is 0. The van der Waals surface area contributed by atoms with Crippen LogP contribution in [0.2, 0.25) is 0 Å². The Morgan fingerprint density at radius 3 is 2.45 bits per heavy atom. The predicted molar refractivity (Wildman–Crippen MR) is 104 cm³/mol. The number of aromatic nitrogens is 3. The first kappa shape index (κ1) is 18.3. The second kappa shape index (κ2) is 6.64. The number of carbonyl (C=O) groups excluding carboxylic acids is 1. The molecular formula is C21H23FN4O3. The number of nitrogens with one attached hydrogen (secondary N) is 2. The Kier molecular flexibility index (Phi) is 4.18. The molecule has 0 spiro atoms. The van der Waals surface area contributed by atoms with Crippen LogP contribution in [0.4, 0.5) is 10.1 Å². The van der Waals surface area contributed by atoms with Crippen molar-refractivity contribution >= 4 is 11.6 Å². The fourth-order valence-electron chi connectivity index (χ4n) is 6.32. The first-order valence-corrected chi connectivity index (χ1v) is 10.2. The van der Waals surface area contributed by atoms with E-state index in [1.165, 1.54) is 37.5 Å². The van der Waals surface area contributed by atoms with E-state index in [2.05, 4.69) is 15.4 Å². The summed E-state index contributed by atoms with van der Waals surface area (Å²) in [5.74, 6) is 1.46. The van der Waals surface area contributed by atoms with Crippen molar-refractivity contribution in [3.8, 4) is 5.69 Å². The van der Waals surface area contributed by atoms with Gasteiger partial charge >= 0.3 is 5.69 Å². The molecule has 8 heteroatoms. The molecule has 7 nitrogen and oxygen atoms in total. The third-order valence-electron chi connectivity index (χ3n) is 6.88. The lowest BCUT2D eigenvalue weighted by atomic mass is 9.49. The second-order valence-electron chi connectivity index (χ2n) is 9.16. The first-order valence-electron chi connectivity index (χ1n) is 10.2. The standard InChI is InChI=1S/C21H23FN4O3/c22-16-2-1-15(26-20(29)25-19(28)11-23-26)6-17(16)24-18(27)10-21-7-12-3-13(8-21)5-14(4-12)9-21/h1-2,6,11-14H,3-5,7-10H2,(H,24,27)(H,25,28,29). The number of hydrogen-bond acceptors (Lipinski definition) is 4. The third-order valence-corrected chi connectivity index (χ3v) is 6.88. The summed E-state index contributed by atoms with van der Waals surface area (Å²) in [6.45, 7) is 0. The molecule has 1 aromatic heterocycles. The number of rotatable bonds is 4. The van der Waals surface area contributed by atoms with Crippen molar-refractivity contribution in [3.05, 3.63) is 51.1 Å². The normalized spacial score (nSPS) is 29.8. The van der Waals surface area contributed by atoms with Crippen LogP contribution in [0.5, 0.6) is 0 Å². The zero-order valence-corrected chi connectivity index (χ0v) is 16.0. The van der Waals surface area contributed by atoms with Gasteiger partial charge in [-0.15, -0.1) is 0 Å². The summed E-state index contributed by atoms with van der Waals surface area (Å²) in [4.78, 5) is 38.0. The number of aromatic amines is 1. The molecule has 4 aliphatic rings. The zero-order valence-electron chi connectivity index (χ0n) is 16.0. The highest BCUT2D eigenvalue weighted by molar-refractivity contribution is 5.91. The molecule has 0 saturated heterocycles. The van der Waals surface area contributed by atoms with Gasteiger partial charge in [-0.25, -0.2) is 9.18 Å². The van der Waals surface area contributed by atoms with Gasteiger partial charge in [0.15, 0.2) is 0 Å². The minimum atomic E-state index is -0.727. The minimum Gasteiger partial charge on any atom is -0.324 e. The zero-order chi connectivity index (χ0) is 20.2. The smallest absolute Gasteiger partial charge is 0.324 e. The molecule has 2 N–H and O–H groups in total. The molecule has 0 atom stereocenters. The molecule has 0 aliphatic heterocycles. The lowest BCUT2D eigenvalue weighted by Gasteiger charge is -2.56. The first-order chi connectivity index (χ1) is 13.9. The molecule has 29 heavy (non-hydrogen) atoms. The monoisotopic (exact) mass is 398 g/mol. The van der Waals surface area contributed by atoms with E-state index in [4.69, 9.17) is 0 Å². The maximum absolute atomic E-state index is 14.3. The fraction of sp³-hybridized carbons (Fsp3) is 0.524. The fourth-order valence-corrected chi connectivity index (χ4v) is 6.32. The summed E-state index contributed by atoms with van der Waals surface area (Å²) in [6.07, 6.45) is 8.60. The molecule has 6 rings (SSSR count). The molecule has 4 aliphatic carbocycles. The summed E-state index contributed by atoms with van der Waals surface area (Å²) in [7, 11) is 0. The van der Waals surface area contributed by atoms with Crippen LogP contribution in [0.3, 0.4) is 0 Å². The van der Waals surface area contributed by atoms with Gasteiger partial charge in [-0.2, -0.15) is 9.78 Å². The van der Waals surface area contributed by atoms with Crippen LogP contribution < -0.4 is 16.6 Å². The number of H-pyrrole nitrogens is 1. The molecule has 4 fully saturated rings. The van der Waals surface area contributed by atoms with Gasteiger partial charge in [0.1, 0.15) is 12.0 Å². The Morgan fingerprint density at radius 2 is 1.83 bits per heavy atom. The van der Waals surface area contributed by atoms with Gasteiger partial charge in [0.2, 0.25) is 5.91 Å². The van der Waals surface area contributed by atoms with E-state index in [-0.39, 0.29) is 22.7 Å². The molecule has 1 aromatic carbocycles. The van der Waals surface area contributed by atoms with Crippen molar-refractivity contribution in [3.63, 3.8) is 0 Å². The molecule has 4 bridgehead atoms. The molecule has 4 saturated carbocycles. The van der Waals surface area contributed by atoms with Crippen molar-refractivity contribution < 1.29 is 9.18 Å². The molecular weight excluding hydrogens is 375 g/mol. The van der Waals surface area contributed by atoms with Crippen molar-refractivity contribution in [2.24, 2.45) is 23.2 Å². The van der Waals surface area contributed by atoms with Crippen molar-refractivity contribution in [2.75, 3.05) is 5.32 Å². The SMILES string of the molecule is O=C(CC12CC3CC(CC(C3)C1)C2)Nc1cc(-n2ncc(=O)[nH]c2=O)ccc1F. The summed E-state index contributed by atoms with van der Waals surface area (Å²) in [5, 5.41) is 6.47. The van der Waals surface area contributed by atoms with Gasteiger partial charge in [0, 0.05) is 6.42 Å². The molecule has 1 amide bonds. The molecule has 1 heterocycles. The van der Waals surface area contributed by atoms with Crippen molar-refractivity contribution in [1.29, 1.82) is 0 Å². The van der Waals surface area contributed by atoms with Gasteiger partial charge in [0.25, 0.3) is 5.56 Å². The van der Waals surface area contributed by atoms with Gasteiger partial charge in [-0.1, -0.05) is 0 Å². The number of anilines is 1. The Bertz CT molecular complexity index is 1050. The predicted octanol–water partition coefficient (Wildman–Crippen LogP) is 2.60.